The minimum absolute atomic E-state index is 0. The molecule has 0 radical (unpaired) electrons. The zero-order valence-electron chi connectivity index (χ0n) is 28.6. The molecule has 0 N–H and O–H groups in total. The molecular formula is C43H38N5Pt-. The van der Waals surface area contributed by atoms with Gasteiger partial charge in [0.1, 0.15) is 5.82 Å². The number of hydrogen-bond acceptors (Lipinski definition) is 2. The van der Waals surface area contributed by atoms with Gasteiger partial charge in [-0.05, 0) is 71.7 Å². The molecule has 0 atom stereocenters. The number of hydrogen-bond donors (Lipinski definition) is 0. The summed E-state index contributed by atoms with van der Waals surface area (Å²) < 4.78 is 6.63. The number of rotatable bonds is 5. The maximum Gasteiger partial charge on any atom is 0.188 e. The zero-order valence-corrected chi connectivity index (χ0v) is 30.9. The molecule has 3 heterocycles. The van der Waals surface area contributed by atoms with Crippen LogP contribution in [0.15, 0.2) is 122 Å². The molecule has 0 aliphatic rings. The number of anilines is 3. The molecule has 8 rings (SSSR count). The summed E-state index contributed by atoms with van der Waals surface area (Å²) in [6.45, 7) is 11.1. The van der Waals surface area contributed by atoms with Crippen LogP contribution in [0.25, 0.3) is 44.3 Å². The summed E-state index contributed by atoms with van der Waals surface area (Å²) in [5, 5.41) is 2.32. The number of aryl methyl sites for hydroxylation is 3. The molecule has 0 fully saturated rings. The summed E-state index contributed by atoms with van der Waals surface area (Å²) in [5.41, 5.74) is 12.0. The summed E-state index contributed by atoms with van der Waals surface area (Å²) >= 11 is 0. The van der Waals surface area contributed by atoms with Gasteiger partial charge in [-0.3, -0.25) is 0 Å². The number of imidazole rings is 1. The van der Waals surface area contributed by atoms with E-state index in [1.807, 2.05) is 6.20 Å². The minimum atomic E-state index is -0.00652. The van der Waals surface area contributed by atoms with Crippen molar-refractivity contribution in [3.8, 4) is 11.5 Å². The number of para-hydroxylation sites is 4. The van der Waals surface area contributed by atoms with E-state index in [9.17, 15) is 0 Å². The Morgan fingerprint density at radius 1 is 0.694 bits per heavy atom. The molecule has 3 aromatic heterocycles. The summed E-state index contributed by atoms with van der Waals surface area (Å²) in [6, 6.07) is 46.4. The van der Waals surface area contributed by atoms with Gasteiger partial charge in [0, 0.05) is 63.3 Å². The number of benzene rings is 5. The first-order valence-corrected chi connectivity index (χ1v) is 16.5. The van der Waals surface area contributed by atoms with Crippen LogP contribution < -0.4 is 4.90 Å². The van der Waals surface area contributed by atoms with Crippen LogP contribution in [0.2, 0.25) is 0 Å². The van der Waals surface area contributed by atoms with Crippen molar-refractivity contribution in [3.63, 3.8) is 0 Å². The van der Waals surface area contributed by atoms with Gasteiger partial charge in [0.25, 0.3) is 0 Å². The van der Waals surface area contributed by atoms with E-state index in [1.165, 1.54) is 27.6 Å². The van der Waals surface area contributed by atoms with Gasteiger partial charge in [-0.25, -0.2) is 14.1 Å². The smallest absolute Gasteiger partial charge is 0.188 e. The summed E-state index contributed by atoms with van der Waals surface area (Å²) in [5.74, 6) is 0.890. The Hall–Kier alpha value is -4.99. The fraction of sp³-hybridized carbons (Fsp3) is 0.163. The van der Waals surface area contributed by atoms with Gasteiger partial charge in [-0.2, -0.15) is 12.1 Å². The predicted molar refractivity (Wildman–Crippen MR) is 199 cm³/mol. The van der Waals surface area contributed by atoms with Gasteiger partial charge in [0.2, 0.25) is 0 Å². The van der Waals surface area contributed by atoms with Crippen molar-refractivity contribution in [2.24, 2.45) is 7.05 Å². The molecule has 246 valence electrons. The van der Waals surface area contributed by atoms with Crippen LogP contribution >= 0.6 is 0 Å². The monoisotopic (exact) mass is 819 g/mol. The quantitative estimate of drug-likeness (QED) is 0.162. The van der Waals surface area contributed by atoms with Crippen molar-refractivity contribution in [1.82, 2.24) is 18.7 Å². The van der Waals surface area contributed by atoms with E-state index < -0.39 is 0 Å². The Balaban J connectivity index is 0.00000378. The fourth-order valence-electron chi connectivity index (χ4n) is 6.96. The Morgan fingerprint density at radius 2 is 1.37 bits per heavy atom. The number of aromatic nitrogens is 4. The van der Waals surface area contributed by atoms with Crippen LogP contribution in [0.5, 0.6) is 0 Å². The van der Waals surface area contributed by atoms with Crippen LogP contribution in [0.3, 0.4) is 0 Å². The molecule has 8 aromatic rings. The van der Waals surface area contributed by atoms with Crippen LogP contribution in [-0.4, -0.2) is 18.7 Å². The van der Waals surface area contributed by atoms with Gasteiger partial charge in [0.15, 0.2) is 17.4 Å². The predicted octanol–water partition coefficient (Wildman–Crippen LogP) is 10.7. The third-order valence-corrected chi connectivity index (χ3v) is 9.39. The van der Waals surface area contributed by atoms with E-state index in [0.29, 0.717) is 0 Å². The van der Waals surface area contributed by atoms with Crippen molar-refractivity contribution in [3.05, 3.63) is 151 Å². The first-order valence-electron chi connectivity index (χ1n) is 16.5. The Kier molecular flexibility index (Phi) is 8.29. The first-order chi connectivity index (χ1) is 23.2. The standard InChI is InChI=1S/C43H38N5.Pt/c1-29-13-11-14-30(2)42(29)47(33-16-12-15-32(26-33)46-28-45(6)38-19-9-10-20-39(38)46)34-21-22-36-35-17-7-8-18-37(35)48(40(36)27-34)41-25-31(23-24-44-41)43(3,4)5;/h7-25,28H,1-6H3;/q-1;. The van der Waals surface area contributed by atoms with Gasteiger partial charge < -0.3 is 9.47 Å². The number of nitrogens with zero attached hydrogens (tertiary/aromatic N) is 5. The average Bonchev–Trinajstić information content (AvgIpc) is 3.60. The molecular weight excluding hydrogens is 782 g/mol. The van der Waals surface area contributed by atoms with E-state index in [1.54, 1.807) is 0 Å². The van der Waals surface area contributed by atoms with Crippen LogP contribution in [0.4, 0.5) is 17.1 Å². The zero-order chi connectivity index (χ0) is 33.2. The Morgan fingerprint density at radius 3 is 2.12 bits per heavy atom. The second-order valence-electron chi connectivity index (χ2n) is 13.7. The molecule has 0 aliphatic heterocycles. The molecule has 0 spiro atoms. The largest absolute Gasteiger partial charge is 0.357 e. The number of pyridine rings is 1. The fourth-order valence-corrected chi connectivity index (χ4v) is 6.96. The second-order valence-corrected chi connectivity index (χ2v) is 13.7. The number of fused-ring (bicyclic) bond motifs is 4. The first kappa shape index (κ1) is 32.6. The van der Waals surface area contributed by atoms with E-state index in [-0.39, 0.29) is 26.5 Å². The van der Waals surface area contributed by atoms with Crippen LogP contribution in [0.1, 0.15) is 37.5 Å². The van der Waals surface area contributed by atoms with Gasteiger partial charge in [-0.15, -0.1) is 29.7 Å². The molecule has 0 saturated carbocycles. The van der Waals surface area contributed by atoms with E-state index in [4.69, 9.17) is 4.98 Å². The minimum Gasteiger partial charge on any atom is -0.357 e. The summed E-state index contributed by atoms with van der Waals surface area (Å²) in [6.07, 6.45) is 4.05. The molecule has 49 heavy (non-hydrogen) atoms. The summed E-state index contributed by atoms with van der Waals surface area (Å²) in [7, 11) is 2.08. The second kappa shape index (κ2) is 12.5. The molecule has 0 unspecified atom stereocenters. The molecule has 0 aliphatic carbocycles. The molecule has 0 saturated heterocycles. The van der Waals surface area contributed by atoms with Crippen molar-refractivity contribution >= 4 is 49.9 Å². The van der Waals surface area contributed by atoms with E-state index in [0.717, 1.165) is 50.5 Å². The van der Waals surface area contributed by atoms with E-state index >= 15 is 0 Å². The van der Waals surface area contributed by atoms with E-state index in [2.05, 4.69) is 188 Å². The normalized spacial score (nSPS) is 11.7. The third kappa shape index (κ3) is 5.56. The Labute approximate surface area is 302 Å². The Bertz CT molecular complexity index is 2480. The van der Waals surface area contributed by atoms with Crippen molar-refractivity contribution in [1.29, 1.82) is 0 Å². The average molecular weight is 820 g/mol. The van der Waals surface area contributed by atoms with Gasteiger partial charge in [-0.1, -0.05) is 80.1 Å². The topological polar surface area (TPSA) is 30.9 Å². The SMILES string of the molecule is Cc1cccc(C)c1N(c1[c-]c(-n2[cH+]n(C)c3ccccc32)ccc1)c1[c-]c2c(cc1)c1ccccc1n2-c1cc(C(C)(C)C)ccn1.[Pt]. The molecule has 6 heteroatoms. The van der Waals surface area contributed by atoms with Gasteiger partial charge >= 0.3 is 0 Å². The molecule has 5 nitrogen and oxygen atoms in total. The van der Waals surface area contributed by atoms with Crippen molar-refractivity contribution in [2.45, 2.75) is 40.0 Å². The maximum absolute atomic E-state index is 4.91. The molecule has 0 bridgehead atoms. The third-order valence-electron chi connectivity index (χ3n) is 9.39. The van der Waals surface area contributed by atoms with Gasteiger partial charge in [0.05, 0.1) is 0 Å². The summed E-state index contributed by atoms with van der Waals surface area (Å²) in [4.78, 5) is 7.21. The van der Waals surface area contributed by atoms with Crippen LogP contribution in [-0.2, 0) is 33.5 Å². The molecule has 0 amide bonds. The molecule has 5 aromatic carbocycles. The maximum atomic E-state index is 4.91. The van der Waals surface area contributed by atoms with Crippen molar-refractivity contribution < 1.29 is 21.1 Å². The van der Waals surface area contributed by atoms with Crippen molar-refractivity contribution in [2.75, 3.05) is 4.90 Å². The van der Waals surface area contributed by atoms with Crippen LogP contribution in [0, 0.1) is 26.0 Å².